The molecule has 0 unspecified atom stereocenters. The Balaban J connectivity index is 2.18. The van der Waals surface area contributed by atoms with Gasteiger partial charge >= 0.3 is 0 Å². The van der Waals surface area contributed by atoms with Gasteiger partial charge in [0.15, 0.2) is 0 Å². The summed E-state index contributed by atoms with van der Waals surface area (Å²) in [7, 11) is 0. The minimum absolute atomic E-state index is 0.177. The van der Waals surface area contributed by atoms with Crippen molar-refractivity contribution < 1.29 is 4.79 Å². The average Bonchev–Trinajstić information content (AvgIpc) is 2.68. The van der Waals surface area contributed by atoms with Crippen LogP contribution in [0, 0.1) is 6.92 Å². The van der Waals surface area contributed by atoms with Crippen LogP contribution in [0.1, 0.15) is 16.1 Å². The lowest BCUT2D eigenvalue weighted by Crippen LogP contribution is -2.13. The maximum atomic E-state index is 11.6. The number of aromatic amines is 1. The van der Waals surface area contributed by atoms with E-state index in [0.29, 0.717) is 11.3 Å². The van der Waals surface area contributed by atoms with Gasteiger partial charge in [-0.15, -0.1) is 0 Å². The minimum Gasteiger partial charge on any atom is -0.290 e. The number of aryl methyl sites for hydroxylation is 1. The lowest BCUT2D eigenvalue weighted by Gasteiger charge is -2.02. The lowest BCUT2D eigenvalue weighted by molar-refractivity contribution is 0.102. The van der Waals surface area contributed by atoms with E-state index in [2.05, 4.69) is 25.5 Å². The minimum atomic E-state index is -0.338. The van der Waals surface area contributed by atoms with Crippen molar-refractivity contribution >= 4 is 23.5 Å². The van der Waals surface area contributed by atoms with Crippen LogP contribution in [0.2, 0.25) is 5.15 Å². The van der Waals surface area contributed by atoms with Crippen LogP contribution in [0.15, 0.2) is 18.5 Å². The number of H-pyrrole nitrogens is 1. The van der Waals surface area contributed by atoms with Gasteiger partial charge in [-0.2, -0.15) is 5.10 Å². The molecular formula is C9H8ClN5O. The smallest absolute Gasteiger partial charge is 0.261 e. The number of hydrogen-bond donors (Lipinski definition) is 2. The SMILES string of the molecule is Cc1cc(Cl)nc(NC(=O)c2cn[nH]c2)n1. The molecule has 0 saturated carbocycles. The highest BCUT2D eigenvalue weighted by Gasteiger charge is 2.09. The van der Waals surface area contributed by atoms with E-state index in [1.165, 1.54) is 12.4 Å². The molecule has 2 aromatic heterocycles. The van der Waals surface area contributed by atoms with Gasteiger partial charge in [0, 0.05) is 11.9 Å². The van der Waals surface area contributed by atoms with Gasteiger partial charge in [-0.05, 0) is 13.0 Å². The third-order valence-electron chi connectivity index (χ3n) is 1.81. The molecule has 0 atom stereocenters. The van der Waals surface area contributed by atoms with Gasteiger partial charge in [0.25, 0.3) is 5.91 Å². The second-order valence-corrected chi connectivity index (χ2v) is 3.48. The van der Waals surface area contributed by atoms with Crippen molar-refractivity contribution in [1.29, 1.82) is 0 Å². The maximum absolute atomic E-state index is 11.6. The molecule has 2 N–H and O–H groups in total. The van der Waals surface area contributed by atoms with E-state index in [9.17, 15) is 4.79 Å². The summed E-state index contributed by atoms with van der Waals surface area (Å²) in [5.74, 6) is -0.161. The van der Waals surface area contributed by atoms with Crippen molar-refractivity contribution in [2.45, 2.75) is 6.92 Å². The molecule has 0 aliphatic heterocycles. The van der Waals surface area contributed by atoms with Gasteiger partial charge in [0.1, 0.15) is 5.15 Å². The summed E-state index contributed by atoms with van der Waals surface area (Å²) in [6, 6.07) is 1.61. The third-order valence-corrected chi connectivity index (χ3v) is 2.00. The third kappa shape index (κ3) is 2.34. The maximum Gasteiger partial charge on any atom is 0.261 e. The van der Waals surface area contributed by atoms with Crippen LogP contribution in [0.5, 0.6) is 0 Å². The van der Waals surface area contributed by atoms with E-state index in [-0.39, 0.29) is 17.0 Å². The Labute approximate surface area is 96.1 Å². The molecule has 6 nitrogen and oxygen atoms in total. The van der Waals surface area contributed by atoms with Crippen LogP contribution in [0.4, 0.5) is 5.95 Å². The molecule has 7 heteroatoms. The Morgan fingerprint density at radius 2 is 2.31 bits per heavy atom. The van der Waals surface area contributed by atoms with Crippen LogP contribution in [0.25, 0.3) is 0 Å². The number of amides is 1. The average molecular weight is 238 g/mol. The molecule has 0 spiro atoms. The van der Waals surface area contributed by atoms with Crippen LogP contribution in [-0.4, -0.2) is 26.1 Å². The van der Waals surface area contributed by atoms with Gasteiger partial charge in [-0.3, -0.25) is 15.2 Å². The highest BCUT2D eigenvalue weighted by molar-refractivity contribution is 6.29. The second kappa shape index (κ2) is 4.28. The number of halogens is 1. The molecule has 0 fully saturated rings. The summed E-state index contributed by atoms with van der Waals surface area (Å²) in [6.07, 6.45) is 2.89. The Morgan fingerprint density at radius 1 is 1.50 bits per heavy atom. The predicted octanol–water partition coefficient (Wildman–Crippen LogP) is 1.41. The molecule has 0 bridgehead atoms. The van der Waals surface area contributed by atoms with Crippen molar-refractivity contribution in [2.75, 3.05) is 5.32 Å². The van der Waals surface area contributed by atoms with E-state index in [1.54, 1.807) is 13.0 Å². The zero-order chi connectivity index (χ0) is 11.5. The normalized spacial score (nSPS) is 10.1. The van der Waals surface area contributed by atoms with Crippen LogP contribution in [-0.2, 0) is 0 Å². The van der Waals surface area contributed by atoms with Crippen molar-refractivity contribution in [3.05, 3.63) is 34.9 Å². The summed E-state index contributed by atoms with van der Waals surface area (Å²) in [5.41, 5.74) is 1.09. The lowest BCUT2D eigenvalue weighted by atomic mass is 10.3. The number of hydrogen-bond acceptors (Lipinski definition) is 4. The molecule has 0 aromatic carbocycles. The first-order valence-electron chi connectivity index (χ1n) is 4.46. The van der Waals surface area contributed by atoms with Crippen molar-refractivity contribution in [1.82, 2.24) is 20.2 Å². The molecule has 16 heavy (non-hydrogen) atoms. The summed E-state index contributed by atoms with van der Waals surface area (Å²) in [6.45, 7) is 1.76. The van der Waals surface area contributed by atoms with E-state index < -0.39 is 0 Å². The van der Waals surface area contributed by atoms with Crippen molar-refractivity contribution in [3.63, 3.8) is 0 Å². The topological polar surface area (TPSA) is 83.6 Å². The number of nitrogens with one attached hydrogen (secondary N) is 2. The fourth-order valence-corrected chi connectivity index (χ4v) is 1.37. The molecule has 0 saturated heterocycles. The fraction of sp³-hybridized carbons (Fsp3) is 0.111. The molecule has 0 radical (unpaired) electrons. The number of anilines is 1. The summed E-state index contributed by atoms with van der Waals surface area (Å²) in [5, 5.41) is 9.02. The summed E-state index contributed by atoms with van der Waals surface area (Å²) < 4.78 is 0. The largest absolute Gasteiger partial charge is 0.290 e. The Morgan fingerprint density at radius 3 is 2.94 bits per heavy atom. The van der Waals surface area contributed by atoms with Crippen LogP contribution >= 0.6 is 11.6 Å². The Hall–Kier alpha value is -1.95. The van der Waals surface area contributed by atoms with E-state index >= 15 is 0 Å². The second-order valence-electron chi connectivity index (χ2n) is 3.10. The van der Waals surface area contributed by atoms with Crippen LogP contribution < -0.4 is 5.32 Å². The van der Waals surface area contributed by atoms with E-state index in [4.69, 9.17) is 11.6 Å². The van der Waals surface area contributed by atoms with E-state index in [0.717, 1.165) is 0 Å². The highest BCUT2D eigenvalue weighted by Crippen LogP contribution is 2.10. The van der Waals surface area contributed by atoms with Gasteiger partial charge in [0.2, 0.25) is 5.95 Å². The van der Waals surface area contributed by atoms with E-state index in [1.807, 2.05) is 0 Å². The van der Waals surface area contributed by atoms with Gasteiger partial charge < -0.3 is 0 Å². The number of carbonyl (C=O) groups is 1. The van der Waals surface area contributed by atoms with Gasteiger partial charge in [-0.1, -0.05) is 11.6 Å². The predicted molar refractivity (Wildman–Crippen MR) is 58.3 cm³/mol. The van der Waals surface area contributed by atoms with Gasteiger partial charge in [0.05, 0.1) is 11.8 Å². The van der Waals surface area contributed by atoms with Crippen molar-refractivity contribution in [3.8, 4) is 0 Å². The molecule has 0 aliphatic carbocycles. The molecule has 2 aromatic rings. The molecule has 0 aliphatic rings. The van der Waals surface area contributed by atoms with Gasteiger partial charge in [-0.25, -0.2) is 9.97 Å². The first kappa shape index (κ1) is 10.6. The zero-order valence-corrected chi connectivity index (χ0v) is 9.12. The number of rotatable bonds is 2. The molecule has 2 rings (SSSR count). The van der Waals surface area contributed by atoms with Crippen LogP contribution in [0.3, 0.4) is 0 Å². The quantitative estimate of drug-likeness (QED) is 0.774. The zero-order valence-electron chi connectivity index (χ0n) is 8.36. The Bertz CT molecular complexity index is 490. The molecule has 1 amide bonds. The number of nitrogens with zero attached hydrogens (tertiary/aromatic N) is 3. The molecular weight excluding hydrogens is 230 g/mol. The first-order valence-corrected chi connectivity index (χ1v) is 4.84. The molecule has 2 heterocycles. The first-order chi connectivity index (χ1) is 7.65. The monoisotopic (exact) mass is 237 g/mol. The molecule has 82 valence electrons. The number of aromatic nitrogens is 4. The fourth-order valence-electron chi connectivity index (χ4n) is 1.13. The summed E-state index contributed by atoms with van der Waals surface area (Å²) in [4.78, 5) is 19.5. The standard InChI is InChI=1S/C9H8ClN5O/c1-5-2-7(10)14-9(13-5)15-8(16)6-3-11-12-4-6/h2-4H,1H3,(H,11,12)(H,13,14,15,16). The highest BCUT2D eigenvalue weighted by atomic mass is 35.5. The van der Waals surface area contributed by atoms with Crippen molar-refractivity contribution in [2.24, 2.45) is 0 Å². The Kier molecular flexibility index (Phi) is 2.82. The number of carbonyl (C=O) groups excluding carboxylic acids is 1. The summed E-state index contributed by atoms with van der Waals surface area (Å²) >= 11 is 5.74.